The number of nitrogens with two attached hydrogens (primary N) is 1. The first-order valence-electron chi connectivity index (χ1n) is 10.8. The molecule has 0 radical (unpaired) electrons. The van der Waals surface area contributed by atoms with Crippen molar-refractivity contribution in [1.82, 2.24) is 15.2 Å². The van der Waals surface area contributed by atoms with Crippen LogP contribution in [-0.4, -0.2) is 39.1 Å². The molecule has 2 aromatic carbocycles. The summed E-state index contributed by atoms with van der Waals surface area (Å²) in [5.74, 6) is -0.313. The number of nitrogens with one attached hydrogen (secondary N) is 3. The molecule has 2 aromatic heterocycles. The van der Waals surface area contributed by atoms with Crippen LogP contribution in [0, 0.1) is 0 Å². The second-order valence-corrected chi connectivity index (χ2v) is 9.90. The van der Waals surface area contributed by atoms with E-state index in [-0.39, 0.29) is 18.9 Å². The lowest BCUT2D eigenvalue weighted by Gasteiger charge is -2.27. The van der Waals surface area contributed by atoms with Crippen LogP contribution in [0.1, 0.15) is 32.3 Å². The molecule has 0 aliphatic heterocycles. The number of hydrogen-bond acceptors (Lipinski definition) is 7. The highest BCUT2D eigenvalue weighted by atomic mass is 35.5. The molecule has 0 fully saturated rings. The summed E-state index contributed by atoms with van der Waals surface area (Å²) in [6.07, 6.45) is 2.31. The van der Waals surface area contributed by atoms with E-state index in [0.29, 0.717) is 44.6 Å². The fourth-order valence-electron chi connectivity index (χ4n) is 3.50. The van der Waals surface area contributed by atoms with Crippen molar-refractivity contribution in [2.75, 3.05) is 17.2 Å². The highest BCUT2D eigenvalue weighted by molar-refractivity contribution is 7.23. The normalized spacial score (nSPS) is 11.7. The number of rotatable bonds is 10. The van der Waals surface area contributed by atoms with Crippen LogP contribution in [0.25, 0.3) is 21.1 Å². The Morgan fingerprint density at radius 1 is 1.31 bits per heavy atom. The SMILES string of the molecule is CC(C)(Nc1ccc(Cl)cc1OCCCC(N)=O)C(=O)Nc1nc2c(CF)cc3[nH]ncc3c2s1. The third kappa shape index (κ3) is 5.46. The number of halogens is 2. The lowest BCUT2D eigenvalue weighted by Crippen LogP contribution is -2.44. The van der Waals surface area contributed by atoms with E-state index in [0.717, 1.165) is 10.1 Å². The maximum absolute atomic E-state index is 13.6. The summed E-state index contributed by atoms with van der Waals surface area (Å²) < 4.78 is 20.1. The molecule has 12 heteroatoms. The number of carbonyl (C=O) groups is 2. The van der Waals surface area contributed by atoms with Crippen molar-refractivity contribution in [2.24, 2.45) is 5.73 Å². The van der Waals surface area contributed by atoms with Crippen LogP contribution in [0.3, 0.4) is 0 Å². The Morgan fingerprint density at radius 3 is 2.86 bits per heavy atom. The van der Waals surface area contributed by atoms with Crippen LogP contribution in [-0.2, 0) is 16.3 Å². The maximum atomic E-state index is 13.6. The summed E-state index contributed by atoms with van der Waals surface area (Å²) in [7, 11) is 0. The molecule has 4 rings (SSSR count). The van der Waals surface area contributed by atoms with Crippen molar-refractivity contribution in [3.05, 3.63) is 41.0 Å². The number of carbonyl (C=O) groups excluding carboxylic acids is 2. The topological polar surface area (TPSA) is 135 Å². The molecule has 0 spiro atoms. The van der Waals surface area contributed by atoms with Gasteiger partial charge in [-0.3, -0.25) is 20.0 Å². The van der Waals surface area contributed by atoms with E-state index in [9.17, 15) is 14.0 Å². The van der Waals surface area contributed by atoms with Crippen molar-refractivity contribution < 1.29 is 18.7 Å². The molecule has 0 bridgehead atoms. The third-order valence-electron chi connectivity index (χ3n) is 5.31. The van der Waals surface area contributed by atoms with E-state index in [1.165, 1.54) is 11.3 Å². The van der Waals surface area contributed by atoms with E-state index >= 15 is 0 Å². The molecule has 4 aromatic rings. The van der Waals surface area contributed by atoms with Gasteiger partial charge >= 0.3 is 0 Å². The largest absolute Gasteiger partial charge is 0.491 e. The van der Waals surface area contributed by atoms with Gasteiger partial charge in [0.25, 0.3) is 5.91 Å². The number of aromatic nitrogens is 3. The summed E-state index contributed by atoms with van der Waals surface area (Å²) in [5.41, 5.74) is 6.27. The summed E-state index contributed by atoms with van der Waals surface area (Å²) in [6.45, 7) is 2.99. The first kappa shape index (κ1) is 24.7. The summed E-state index contributed by atoms with van der Waals surface area (Å²) in [5, 5.41) is 14.5. The molecular weight excluding hydrogens is 495 g/mol. The van der Waals surface area contributed by atoms with Gasteiger partial charge in [0.2, 0.25) is 5.91 Å². The lowest BCUT2D eigenvalue weighted by atomic mass is 10.0. The van der Waals surface area contributed by atoms with Gasteiger partial charge in [-0.25, -0.2) is 9.37 Å². The van der Waals surface area contributed by atoms with Gasteiger partial charge in [-0.1, -0.05) is 22.9 Å². The minimum Gasteiger partial charge on any atom is -0.491 e. The van der Waals surface area contributed by atoms with E-state index in [4.69, 9.17) is 22.1 Å². The minimum absolute atomic E-state index is 0.203. The number of anilines is 2. The predicted octanol–water partition coefficient (Wildman–Crippen LogP) is 4.77. The van der Waals surface area contributed by atoms with Crippen LogP contribution in [0.2, 0.25) is 5.02 Å². The van der Waals surface area contributed by atoms with Crippen molar-refractivity contribution in [3.8, 4) is 5.75 Å². The van der Waals surface area contributed by atoms with Gasteiger partial charge in [0.05, 0.1) is 34.2 Å². The number of benzene rings is 2. The molecular formula is C23H24ClFN6O3S. The molecule has 184 valence electrons. The number of primary amides is 1. The van der Waals surface area contributed by atoms with Crippen LogP contribution in [0.5, 0.6) is 5.75 Å². The van der Waals surface area contributed by atoms with E-state index < -0.39 is 18.1 Å². The third-order valence-corrected chi connectivity index (χ3v) is 6.55. The number of H-pyrrole nitrogens is 1. The molecule has 0 saturated heterocycles. The molecule has 5 N–H and O–H groups in total. The van der Waals surface area contributed by atoms with Gasteiger partial charge in [0.1, 0.15) is 18.0 Å². The predicted molar refractivity (Wildman–Crippen MR) is 136 cm³/mol. The Labute approximate surface area is 209 Å². The van der Waals surface area contributed by atoms with Gasteiger partial charge in [-0.15, -0.1) is 0 Å². The van der Waals surface area contributed by atoms with Crippen LogP contribution >= 0.6 is 22.9 Å². The Hall–Kier alpha value is -3.44. The number of alkyl halides is 1. The molecule has 2 amide bonds. The number of fused-ring (bicyclic) bond motifs is 3. The fraction of sp³-hybridized carbons (Fsp3) is 0.304. The zero-order valence-corrected chi connectivity index (χ0v) is 20.6. The number of amides is 2. The Kier molecular flexibility index (Phi) is 7.08. The number of thiazole rings is 1. The second-order valence-electron chi connectivity index (χ2n) is 8.46. The molecule has 0 atom stereocenters. The smallest absolute Gasteiger partial charge is 0.251 e. The second kappa shape index (κ2) is 10.0. The standard InChI is InChI=1S/C23H24ClFN6O3S/c1-23(2,30-15-6-5-13(24)9-17(15)34-7-3-4-18(26)32)21(33)29-22-28-19-12(10-25)8-16-14(11-27-31-16)20(19)35-22/h5-6,8-9,11,30H,3-4,7,10H2,1-2H3,(H2,26,32)(H,27,31)(H,28,29,33). The van der Waals surface area contributed by atoms with Gasteiger partial charge in [-0.05, 0) is 38.5 Å². The van der Waals surface area contributed by atoms with E-state index in [2.05, 4.69) is 25.8 Å². The number of hydrogen-bond donors (Lipinski definition) is 4. The minimum atomic E-state index is -1.08. The first-order chi connectivity index (χ1) is 16.7. The Balaban J connectivity index is 1.52. The van der Waals surface area contributed by atoms with Gasteiger partial charge in [0.15, 0.2) is 5.13 Å². The highest BCUT2D eigenvalue weighted by Gasteiger charge is 2.30. The summed E-state index contributed by atoms with van der Waals surface area (Å²) in [4.78, 5) is 28.6. The molecule has 0 saturated carbocycles. The monoisotopic (exact) mass is 518 g/mol. The summed E-state index contributed by atoms with van der Waals surface area (Å²) in [6, 6.07) is 6.69. The van der Waals surface area contributed by atoms with Crippen LogP contribution < -0.4 is 21.1 Å². The molecule has 0 aliphatic carbocycles. The van der Waals surface area contributed by atoms with Gasteiger partial charge in [-0.2, -0.15) is 5.10 Å². The Morgan fingerprint density at radius 2 is 2.11 bits per heavy atom. The zero-order chi connectivity index (χ0) is 25.2. The molecule has 2 heterocycles. The van der Waals surface area contributed by atoms with Crippen molar-refractivity contribution in [2.45, 2.75) is 38.9 Å². The molecule has 0 unspecified atom stereocenters. The molecule has 9 nitrogen and oxygen atoms in total. The average Bonchev–Trinajstić information content (AvgIpc) is 3.44. The van der Waals surface area contributed by atoms with Gasteiger partial charge < -0.3 is 15.8 Å². The lowest BCUT2D eigenvalue weighted by molar-refractivity contribution is -0.119. The first-order valence-corrected chi connectivity index (χ1v) is 12.0. The Bertz CT molecular complexity index is 1400. The average molecular weight is 519 g/mol. The van der Waals surface area contributed by atoms with Crippen LogP contribution in [0.4, 0.5) is 15.2 Å². The van der Waals surface area contributed by atoms with Crippen molar-refractivity contribution in [3.63, 3.8) is 0 Å². The molecule has 0 aliphatic rings. The quantitative estimate of drug-likeness (QED) is 0.223. The molecule has 35 heavy (non-hydrogen) atoms. The van der Waals surface area contributed by atoms with Crippen molar-refractivity contribution >= 4 is 66.7 Å². The van der Waals surface area contributed by atoms with Gasteiger partial charge in [0, 0.05) is 28.5 Å². The van der Waals surface area contributed by atoms with E-state index in [1.54, 1.807) is 44.3 Å². The van der Waals surface area contributed by atoms with Crippen molar-refractivity contribution in [1.29, 1.82) is 0 Å². The maximum Gasteiger partial charge on any atom is 0.251 e. The zero-order valence-electron chi connectivity index (χ0n) is 19.1. The highest BCUT2D eigenvalue weighted by Crippen LogP contribution is 2.36. The fourth-order valence-corrected chi connectivity index (χ4v) is 4.68. The summed E-state index contributed by atoms with van der Waals surface area (Å²) >= 11 is 7.37. The van der Waals surface area contributed by atoms with Crippen LogP contribution in [0.15, 0.2) is 30.5 Å². The number of nitrogens with zero attached hydrogens (tertiary/aromatic N) is 2. The number of aromatic amines is 1. The number of ether oxygens (including phenoxy) is 1. The van der Waals surface area contributed by atoms with E-state index in [1.807, 2.05) is 0 Å².